The van der Waals surface area contributed by atoms with E-state index in [0.717, 1.165) is 28.4 Å². The number of fused-ring (bicyclic) bond motifs is 3. The van der Waals surface area contributed by atoms with Crippen molar-refractivity contribution in [2.45, 2.75) is 32.7 Å². The molecule has 1 aliphatic rings. The van der Waals surface area contributed by atoms with Crippen molar-refractivity contribution in [3.8, 4) is 0 Å². The van der Waals surface area contributed by atoms with Crippen LogP contribution in [-0.4, -0.2) is 21.0 Å². The van der Waals surface area contributed by atoms with E-state index in [4.69, 9.17) is 0 Å². The molecule has 0 saturated carbocycles. The molecule has 0 saturated heterocycles. The molecule has 1 atom stereocenters. The first-order chi connectivity index (χ1) is 11.3. The molecule has 0 spiro atoms. The van der Waals surface area contributed by atoms with Crippen LogP contribution in [0.1, 0.15) is 32.3 Å². The second-order valence-corrected chi connectivity index (χ2v) is 6.13. The first-order valence-corrected chi connectivity index (χ1v) is 8.13. The lowest BCUT2D eigenvalue weighted by Gasteiger charge is -2.22. The number of nitrogens with zero attached hydrogens (tertiary/aromatic N) is 2. The Bertz CT molecular complexity index is 933. The van der Waals surface area contributed by atoms with Gasteiger partial charge in [0.05, 0.1) is 5.52 Å². The number of rotatable bonds is 3. The second kappa shape index (κ2) is 5.54. The Hall–Kier alpha value is -2.62. The summed E-state index contributed by atoms with van der Waals surface area (Å²) in [6.45, 7) is 4.40. The van der Waals surface area contributed by atoms with Crippen molar-refractivity contribution >= 4 is 27.5 Å². The van der Waals surface area contributed by atoms with E-state index >= 15 is 0 Å². The van der Waals surface area contributed by atoms with Crippen LogP contribution in [0.25, 0.3) is 27.5 Å². The van der Waals surface area contributed by atoms with Gasteiger partial charge in [-0.15, -0.1) is 0 Å². The van der Waals surface area contributed by atoms with E-state index in [2.05, 4.69) is 58.7 Å². The minimum Gasteiger partial charge on any atom is -0.384 e. The number of allylic oxidation sites excluding steroid dienone is 2. The Morgan fingerprint density at radius 1 is 1.26 bits per heavy atom. The van der Waals surface area contributed by atoms with E-state index in [1.807, 2.05) is 12.3 Å². The van der Waals surface area contributed by atoms with E-state index in [1.165, 1.54) is 23.1 Å². The fourth-order valence-electron chi connectivity index (χ4n) is 3.29. The predicted molar refractivity (Wildman–Crippen MR) is 95.0 cm³/mol. The quantitative estimate of drug-likeness (QED) is 0.763. The van der Waals surface area contributed by atoms with Crippen molar-refractivity contribution < 1.29 is 0 Å². The third kappa shape index (κ3) is 2.40. The van der Waals surface area contributed by atoms with E-state index in [9.17, 15) is 0 Å². The predicted octanol–water partition coefficient (Wildman–Crippen LogP) is 4.17. The molecule has 4 heteroatoms. The van der Waals surface area contributed by atoms with E-state index in [1.54, 1.807) is 6.20 Å². The largest absolute Gasteiger partial charge is 0.384 e. The molecule has 23 heavy (non-hydrogen) atoms. The van der Waals surface area contributed by atoms with Gasteiger partial charge in [0.2, 0.25) is 0 Å². The highest BCUT2D eigenvalue weighted by atomic mass is 14.9. The third-order valence-electron chi connectivity index (χ3n) is 4.47. The van der Waals surface area contributed by atoms with Crippen LogP contribution in [-0.2, 0) is 0 Å². The first kappa shape index (κ1) is 14.0. The van der Waals surface area contributed by atoms with Crippen molar-refractivity contribution in [1.82, 2.24) is 20.3 Å². The van der Waals surface area contributed by atoms with Crippen molar-refractivity contribution in [2.75, 3.05) is 0 Å². The van der Waals surface area contributed by atoms with Crippen molar-refractivity contribution in [1.29, 1.82) is 0 Å². The molecule has 0 bridgehead atoms. The van der Waals surface area contributed by atoms with Crippen LogP contribution < -0.4 is 5.32 Å². The lowest BCUT2D eigenvalue weighted by atomic mass is 9.95. The van der Waals surface area contributed by atoms with Gasteiger partial charge in [-0.05, 0) is 31.1 Å². The zero-order chi connectivity index (χ0) is 15.8. The zero-order valence-corrected chi connectivity index (χ0v) is 13.4. The Kier molecular flexibility index (Phi) is 3.37. The smallest absolute Gasteiger partial charge is 0.161 e. The molecular weight excluding hydrogens is 284 g/mol. The standard InChI is InChI=1S/C19H20N4/c1-3-4-15-7-12(2)17(11-21-15)13-8-14-10-23-19-16(5-6-20-19)18(14)22-9-13/h5-11,15,21-22H,3-4H2,1-2H3. The van der Waals surface area contributed by atoms with E-state index in [0.29, 0.717) is 6.04 Å². The number of nitrogens with one attached hydrogen (secondary N) is 2. The fraction of sp³-hybridized carbons (Fsp3) is 0.263. The maximum atomic E-state index is 4.43. The summed E-state index contributed by atoms with van der Waals surface area (Å²) in [6, 6.07) is 4.64. The molecule has 4 heterocycles. The molecule has 1 unspecified atom stereocenters. The minimum atomic E-state index is 0.449. The molecule has 0 aromatic carbocycles. The van der Waals surface area contributed by atoms with Crippen molar-refractivity contribution in [2.24, 2.45) is 0 Å². The van der Waals surface area contributed by atoms with Gasteiger partial charge in [0.15, 0.2) is 5.65 Å². The van der Waals surface area contributed by atoms with E-state index < -0.39 is 0 Å². The lowest BCUT2D eigenvalue weighted by Crippen LogP contribution is -2.25. The van der Waals surface area contributed by atoms with Crippen molar-refractivity contribution in [3.05, 3.63) is 54.1 Å². The van der Waals surface area contributed by atoms with Gasteiger partial charge in [-0.25, -0.2) is 9.97 Å². The van der Waals surface area contributed by atoms with Crippen LogP contribution in [0.4, 0.5) is 0 Å². The molecule has 116 valence electrons. The molecule has 0 radical (unpaired) electrons. The molecular formula is C19H20N4. The average molecular weight is 304 g/mol. The van der Waals surface area contributed by atoms with Crippen LogP contribution in [0, 0.1) is 0 Å². The molecule has 0 aliphatic carbocycles. The number of pyridine rings is 2. The van der Waals surface area contributed by atoms with Gasteiger partial charge in [-0.2, -0.15) is 0 Å². The molecule has 4 rings (SSSR count). The lowest BCUT2D eigenvalue weighted by molar-refractivity contribution is 0.620. The Morgan fingerprint density at radius 3 is 3.00 bits per heavy atom. The summed E-state index contributed by atoms with van der Waals surface area (Å²) in [5.41, 5.74) is 5.61. The minimum absolute atomic E-state index is 0.449. The van der Waals surface area contributed by atoms with Crippen LogP contribution in [0.3, 0.4) is 0 Å². The summed E-state index contributed by atoms with van der Waals surface area (Å²) in [7, 11) is 0. The van der Waals surface area contributed by atoms with Crippen LogP contribution >= 0.6 is 0 Å². The summed E-state index contributed by atoms with van der Waals surface area (Å²) in [6.07, 6.45) is 12.6. The van der Waals surface area contributed by atoms with Gasteiger partial charge in [-0.3, -0.25) is 0 Å². The Balaban J connectivity index is 1.75. The average Bonchev–Trinajstić information content (AvgIpc) is 3.04. The monoisotopic (exact) mass is 304 g/mol. The highest BCUT2D eigenvalue weighted by Gasteiger charge is 2.14. The Labute approximate surface area is 135 Å². The molecule has 0 amide bonds. The molecule has 0 fully saturated rings. The topological polar surface area (TPSA) is 53.6 Å². The van der Waals surface area contributed by atoms with Crippen molar-refractivity contribution in [3.63, 3.8) is 0 Å². The number of aromatic nitrogens is 3. The summed E-state index contributed by atoms with van der Waals surface area (Å²) in [5, 5.41) is 5.67. The maximum absolute atomic E-state index is 4.43. The van der Waals surface area contributed by atoms with Crippen LogP contribution in [0.5, 0.6) is 0 Å². The van der Waals surface area contributed by atoms with E-state index in [-0.39, 0.29) is 0 Å². The van der Waals surface area contributed by atoms with Crippen LogP contribution in [0.2, 0.25) is 0 Å². The number of hydrogen-bond donors (Lipinski definition) is 2. The maximum Gasteiger partial charge on any atom is 0.161 e. The van der Waals surface area contributed by atoms with Crippen LogP contribution in [0.15, 0.2) is 48.6 Å². The molecule has 3 aromatic rings. The number of dihydropyridines is 1. The van der Waals surface area contributed by atoms with Gasteiger partial charge >= 0.3 is 0 Å². The number of hydrogen-bond acceptors (Lipinski definition) is 3. The second-order valence-electron chi connectivity index (χ2n) is 6.13. The molecule has 2 N–H and O–H groups in total. The van der Waals surface area contributed by atoms with Gasteiger partial charge in [-0.1, -0.05) is 19.4 Å². The molecule has 1 aliphatic heterocycles. The highest BCUT2D eigenvalue weighted by Crippen LogP contribution is 2.29. The molecule has 3 aromatic heterocycles. The number of H-pyrrole nitrogens is 1. The first-order valence-electron chi connectivity index (χ1n) is 8.13. The summed E-state index contributed by atoms with van der Waals surface area (Å²) >= 11 is 0. The summed E-state index contributed by atoms with van der Waals surface area (Å²) in [4.78, 5) is 12.1. The summed E-state index contributed by atoms with van der Waals surface area (Å²) in [5.74, 6) is 0. The normalized spacial score (nSPS) is 17.9. The third-order valence-corrected chi connectivity index (χ3v) is 4.47. The summed E-state index contributed by atoms with van der Waals surface area (Å²) < 4.78 is 0. The van der Waals surface area contributed by atoms with Gasteiger partial charge < -0.3 is 10.3 Å². The zero-order valence-electron chi connectivity index (χ0n) is 13.4. The van der Waals surface area contributed by atoms with Gasteiger partial charge in [0.25, 0.3) is 0 Å². The molecule has 4 nitrogen and oxygen atoms in total. The van der Waals surface area contributed by atoms with Gasteiger partial charge in [0, 0.05) is 52.7 Å². The highest BCUT2D eigenvalue weighted by molar-refractivity contribution is 6.02. The SMILES string of the molecule is CCCC1C=C(C)C(c2c[nH]c3c(cnc4nccc43)c2)=CN1. The fourth-order valence-corrected chi connectivity index (χ4v) is 3.29. The van der Waals surface area contributed by atoms with Gasteiger partial charge in [0.1, 0.15) is 0 Å². The Morgan fingerprint density at radius 2 is 2.17 bits per heavy atom. The number of aromatic amines is 1.